The summed E-state index contributed by atoms with van der Waals surface area (Å²) in [6.07, 6.45) is 1.98. The van der Waals surface area contributed by atoms with Crippen molar-refractivity contribution in [1.29, 1.82) is 0 Å². The Morgan fingerprint density at radius 3 is 2.87 bits per heavy atom. The quantitative estimate of drug-likeness (QED) is 0.702. The Hall–Kier alpha value is -0.930. The predicted molar refractivity (Wildman–Crippen MR) is 55.0 cm³/mol. The number of hydrogen-bond acceptors (Lipinski definition) is 2. The SMILES string of the molecule is Fc1ccc2c(c1)COC21CCNCC1. The van der Waals surface area contributed by atoms with Crippen LogP contribution in [0.2, 0.25) is 0 Å². The molecule has 1 spiro atoms. The number of rotatable bonds is 0. The Labute approximate surface area is 88.4 Å². The van der Waals surface area contributed by atoms with Crippen LogP contribution in [0.3, 0.4) is 0 Å². The van der Waals surface area contributed by atoms with Crippen LogP contribution in [0.25, 0.3) is 0 Å². The van der Waals surface area contributed by atoms with Gasteiger partial charge in [0.15, 0.2) is 0 Å². The largest absolute Gasteiger partial charge is 0.365 e. The number of hydrogen-bond donors (Lipinski definition) is 1. The zero-order valence-corrected chi connectivity index (χ0v) is 8.55. The highest BCUT2D eigenvalue weighted by atomic mass is 19.1. The minimum Gasteiger partial charge on any atom is -0.365 e. The molecule has 0 aromatic heterocycles. The Balaban J connectivity index is 2.03. The van der Waals surface area contributed by atoms with Gasteiger partial charge in [0.25, 0.3) is 0 Å². The molecule has 2 nitrogen and oxygen atoms in total. The highest BCUT2D eigenvalue weighted by Gasteiger charge is 2.40. The van der Waals surface area contributed by atoms with E-state index in [1.807, 2.05) is 6.07 Å². The van der Waals surface area contributed by atoms with Crippen LogP contribution in [0.1, 0.15) is 24.0 Å². The lowest BCUT2D eigenvalue weighted by atomic mass is 9.84. The van der Waals surface area contributed by atoms with Crippen molar-refractivity contribution in [3.05, 3.63) is 35.1 Å². The Kier molecular flexibility index (Phi) is 2.04. The van der Waals surface area contributed by atoms with Crippen LogP contribution in [0.4, 0.5) is 4.39 Å². The van der Waals surface area contributed by atoms with Crippen molar-refractivity contribution in [2.75, 3.05) is 13.1 Å². The van der Waals surface area contributed by atoms with Crippen LogP contribution in [-0.4, -0.2) is 13.1 Å². The van der Waals surface area contributed by atoms with Gasteiger partial charge < -0.3 is 10.1 Å². The molecule has 2 aliphatic heterocycles. The van der Waals surface area contributed by atoms with Gasteiger partial charge in [-0.15, -0.1) is 0 Å². The second-order valence-corrected chi connectivity index (χ2v) is 4.33. The van der Waals surface area contributed by atoms with E-state index in [2.05, 4.69) is 5.32 Å². The summed E-state index contributed by atoms with van der Waals surface area (Å²) in [7, 11) is 0. The normalized spacial score (nSPS) is 23.0. The van der Waals surface area contributed by atoms with Gasteiger partial charge in [0.05, 0.1) is 12.2 Å². The van der Waals surface area contributed by atoms with Gasteiger partial charge in [0.1, 0.15) is 5.82 Å². The van der Waals surface area contributed by atoms with Crippen LogP contribution >= 0.6 is 0 Å². The van der Waals surface area contributed by atoms with Crippen molar-refractivity contribution in [2.24, 2.45) is 0 Å². The molecule has 1 saturated heterocycles. The van der Waals surface area contributed by atoms with E-state index >= 15 is 0 Å². The van der Waals surface area contributed by atoms with Crippen LogP contribution in [-0.2, 0) is 16.9 Å². The molecule has 0 unspecified atom stereocenters. The molecule has 1 N–H and O–H groups in total. The Bertz CT molecular complexity index is 385. The van der Waals surface area contributed by atoms with Gasteiger partial charge >= 0.3 is 0 Å². The van der Waals surface area contributed by atoms with E-state index in [-0.39, 0.29) is 11.4 Å². The fourth-order valence-electron chi connectivity index (χ4n) is 2.66. The summed E-state index contributed by atoms with van der Waals surface area (Å²) in [5, 5.41) is 3.32. The molecule has 2 aliphatic rings. The smallest absolute Gasteiger partial charge is 0.123 e. The first-order valence-electron chi connectivity index (χ1n) is 5.44. The lowest BCUT2D eigenvalue weighted by Gasteiger charge is -2.33. The van der Waals surface area contributed by atoms with Gasteiger partial charge in [-0.2, -0.15) is 0 Å². The molecule has 1 aromatic rings. The summed E-state index contributed by atoms with van der Waals surface area (Å²) in [5.41, 5.74) is 2.09. The molecular formula is C12H14FNO. The number of piperidine rings is 1. The highest BCUT2D eigenvalue weighted by Crippen LogP contribution is 2.42. The van der Waals surface area contributed by atoms with Gasteiger partial charge in [0, 0.05) is 0 Å². The molecule has 0 saturated carbocycles. The van der Waals surface area contributed by atoms with Crippen molar-refractivity contribution in [1.82, 2.24) is 5.32 Å². The summed E-state index contributed by atoms with van der Waals surface area (Å²) >= 11 is 0. The number of halogens is 1. The molecular weight excluding hydrogens is 193 g/mol. The van der Waals surface area contributed by atoms with Crippen LogP contribution in [0.5, 0.6) is 0 Å². The van der Waals surface area contributed by atoms with E-state index in [4.69, 9.17) is 4.74 Å². The molecule has 3 heteroatoms. The van der Waals surface area contributed by atoms with E-state index in [1.165, 1.54) is 11.6 Å². The standard InChI is InChI=1S/C12H14FNO/c13-10-1-2-11-9(7-10)8-15-12(11)3-5-14-6-4-12/h1-2,7,14H,3-6,8H2. The average Bonchev–Trinajstić information content (AvgIpc) is 2.58. The molecule has 1 aromatic carbocycles. The molecule has 0 radical (unpaired) electrons. The van der Waals surface area contributed by atoms with Gasteiger partial charge in [-0.1, -0.05) is 6.07 Å². The highest BCUT2D eigenvalue weighted by molar-refractivity contribution is 5.36. The zero-order chi connectivity index (χ0) is 10.3. The first kappa shape index (κ1) is 9.31. The topological polar surface area (TPSA) is 21.3 Å². The van der Waals surface area contributed by atoms with Crippen LogP contribution < -0.4 is 5.32 Å². The fourth-order valence-corrected chi connectivity index (χ4v) is 2.66. The number of fused-ring (bicyclic) bond motifs is 2. The minimum atomic E-state index is -0.164. The maximum Gasteiger partial charge on any atom is 0.123 e. The molecule has 3 rings (SSSR count). The second-order valence-electron chi connectivity index (χ2n) is 4.33. The molecule has 15 heavy (non-hydrogen) atoms. The third-order valence-corrected chi connectivity index (χ3v) is 3.47. The minimum absolute atomic E-state index is 0.131. The predicted octanol–water partition coefficient (Wildman–Crippen LogP) is 1.93. The molecule has 1 fully saturated rings. The van der Waals surface area contributed by atoms with Gasteiger partial charge in [-0.3, -0.25) is 0 Å². The Morgan fingerprint density at radius 2 is 2.07 bits per heavy atom. The molecule has 80 valence electrons. The maximum atomic E-state index is 13.0. The van der Waals surface area contributed by atoms with E-state index in [0.29, 0.717) is 6.61 Å². The summed E-state index contributed by atoms with van der Waals surface area (Å²) in [5.74, 6) is -0.164. The first-order chi connectivity index (χ1) is 7.30. The van der Waals surface area contributed by atoms with Gasteiger partial charge in [0.2, 0.25) is 0 Å². The summed E-state index contributed by atoms with van der Waals surface area (Å²) in [6.45, 7) is 2.53. The average molecular weight is 207 g/mol. The summed E-state index contributed by atoms with van der Waals surface area (Å²) < 4.78 is 18.9. The molecule has 0 atom stereocenters. The van der Waals surface area contributed by atoms with E-state index in [0.717, 1.165) is 31.5 Å². The van der Waals surface area contributed by atoms with Crippen molar-refractivity contribution < 1.29 is 9.13 Å². The lowest BCUT2D eigenvalue weighted by molar-refractivity contribution is -0.0590. The monoisotopic (exact) mass is 207 g/mol. The third-order valence-electron chi connectivity index (χ3n) is 3.47. The number of benzene rings is 1. The summed E-state index contributed by atoms with van der Waals surface area (Å²) in [4.78, 5) is 0. The number of ether oxygens (including phenoxy) is 1. The van der Waals surface area contributed by atoms with E-state index in [9.17, 15) is 4.39 Å². The van der Waals surface area contributed by atoms with Crippen molar-refractivity contribution in [2.45, 2.75) is 25.0 Å². The van der Waals surface area contributed by atoms with Crippen molar-refractivity contribution in [3.63, 3.8) is 0 Å². The first-order valence-corrected chi connectivity index (χ1v) is 5.44. The maximum absolute atomic E-state index is 13.0. The van der Waals surface area contributed by atoms with E-state index in [1.54, 1.807) is 6.07 Å². The van der Waals surface area contributed by atoms with Crippen molar-refractivity contribution in [3.8, 4) is 0 Å². The molecule has 0 bridgehead atoms. The lowest BCUT2D eigenvalue weighted by Crippen LogP contribution is -2.39. The summed E-state index contributed by atoms with van der Waals surface area (Å²) in [6, 6.07) is 5.03. The zero-order valence-electron chi connectivity index (χ0n) is 8.55. The Morgan fingerprint density at radius 1 is 1.27 bits per heavy atom. The van der Waals surface area contributed by atoms with Crippen molar-refractivity contribution >= 4 is 0 Å². The van der Waals surface area contributed by atoms with E-state index < -0.39 is 0 Å². The third kappa shape index (κ3) is 1.38. The molecule has 2 heterocycles. The van der Waals surface area contributed by atoms with Crippen LogP contribution in [0.15, 0.2) is 18.2 Å². The fraction of sp³-hybridized carbons (Fsp3) is 0.500. The van der Waals surface area contributed by atoms with Crippen LogP contribution in [0, 0.1) is 5.82 Å². The number of nitrogens with one attached hydrogen (secondary N) is 1. The second kappa shape index (κ2) is 3.29. The van der Waals surface area contributed by atoms with Gasteiger partial charge in [-0.05, 0) is 49.2 Å². The van der Waals surface area contributed by atoms with Gasteiger partial charge in [-0.25, -0.2) is 4.39 Å². The molecule has 0 amide bonds. The molecule has 0 aliphatic carbocycles.